The minimum absolute atomic E-state index is 0.104. The van der Waals surface area contributed by atoms with Crippen LogP contribution in [0.5, 0.6) is 5.75 Å². The molecule has 7 nitrogen and oxygen atoms in total. The number of nitrogens with zero attached hydrogens (tertiary/aromatic N) is 4. The normalized spacial score (nSPS) is 18.9. The summed E-state index contributed by atoms with van der Waals surface area (Å²) in [7, 11) is 1.54. The summed E-state index contributed by atoms with van der Waals surface area (Å²) in [4.78, 5) is 27.9. The smallest absolute Gasteiger partial charge is 0.406 e. The molecule has 0 N–H and O–H groups in total. The average molecular weight is 398 g/mol. The summed E-state index contributed by atoms with van der Waals surface area (Å²) < 4.78 is 40.5. The van der Waals surface area contributed by atoms with Crippen molar-refractivity contribution in [2.75, 3.05) is 33.2 Å². The molecule has 1 saturated heterocycles. The zero-order chi connectivity index (χ0) is 20.3. The quantitative estimate of drug-likeness (QED) is 0.777. The van der Waals surface area contributed by atoms with Crippen LogP contribution in [0.3, 0.4) is 0 Å². The largest absolute Gasteiger partial charge is 0.573 e. The van der Waals surface area contributed by atoms with E-state index in [0.29, 0.717) is 44.9 Å². The summed E-state index contributed by atoms with van der Waals surface area (Å²) in [6.07, 6.45) is -4.06. The van der Waals surface area contributed by atoms with E-state index in [2.05, 4.69) is 14.7 Å². The molecule has 2 heterocycles. The Hall–Kier alpha value is -2.62. The molecule has 0 bridgehead atoms. The molecule has 0 aromatic heterocycles. The molecule has 2 aliphatic rings. The first-order chi connectivity index (χ1) is 13.2. The fourth-order valence-electron chi connectivity index (χ4n) is 3.17. The molecule has 2 aliphatic heterocycles. The molecule has 0 radical (unpaired) electrons. The molecule has 3 rings (SSSR count). The van der Waals surface area contributed by atoms with E-state index in [4.69, 9.17) is 0 Å². The van der Waals surface area contributed by atoms with E-state index in [1.54, 1.807) is 17.0 Å². The van der Waals surface area contributed by atoms with Crippen LogP contribution in [0.2, 0.25) is 0 Å². The van der Waals surface area contributed by atoms with Crippen molar-refractivity contribution in [3.63, 3.8) is 0 Å². The van der Waals surface area contributed by atoms with Gasteiger partial charge in [-0.25, -0.2) is 5.01 Å². The van der Waals surface area contributed by atoms with Gasteiger partial charge in [0, 0.05) is 52.6 Å². The first-order valence-electron chi connectivity index (χ1n) is 8.91. The van der Waals surface area contributed by atoms with Gasteiger partial charge in [-0.1, -0.05) is 12.1 Å². The lowest BCUT2D eigenvalue weighted by Gasteiger charge is -2.35. The van der Waals surface area contributed by atoms with Gasteiger partial charge in [0.2, 0.25) is 5.91 Å². The molecular weight excluding hydrogens is 377 g/mol. The summed E-state index contributed by atoms with van der Waals surface area (Å²) >= 11 is 0. The van der Waals surface area contributed by atoms with Crippen molar-refractivity contribution in [2.45, 2.75) is 25.7 Å². The van der Waals surface area contributed by atoms with Gasteiger partial charge >= 0.3 is 6.36 Å². The predicted molar refractivity (Wildman–Crippen MR) is 94.4 cm³/mol. The van der Waals surface area contributed by atoms with Gasteiger partial charge in [-0.05, 0) is 17.7 Å². The van der Waals surface area contributed by atoms with Crippen LogP contribution in [-0.2, 0) is 16.1 Å². The van der Waals surface area contributed by atoms with Gasteiger partial charge in [0.15, 0.2) is 0 Å². The SMILES string of the molecule is CN1N=C(C(=O)N2CCN(Cc3ccc(OC(F)(F)F)cc3)CC2)CCC1=O. The van der Waals surface area contributed by atoms with E-state index in [1.165, 1.54) is 24.2 Å². The topological polar surface area (TPSA) is 65.5 Å². The molecule has 28 heavy (non-hydrogen) atoms. The molecule has 152 valence electrons. The number of alkyl halides is 3. The summed E-state index contributed by atoms with van der Waals surface area (Å²) in [6.45, 7) is 2.94. The number of hydrazone groups is 1. The highest BCUT2D eigenvalue weighted by Crippen LogP contribution is 2.23. The number of hydrogen-bond donors (Lipinski definition) is 0. The average Bonchev–Trinajstić information content (AvgIpc) is 2.64. The van der Waals surface area contributed by atoms with Crippen LogP contribution in [0.15, 0.2) is 29.4 Å². The monoisotopic (exact) mass is 398 g/mol. The molecule has 2 amide bonds. The zero-order valence-corrected chi connectivity index (χ0v) is 15.4. The predicted octanol–water partition coefficient (Wildman–Crippen LogP) is 1.84. The van der Waals surface area contributed by atoms with Crippen molar-refractivity contribution in [1.29, 1.82) is 0 Å². The number of rotatable bonds is 4. The summed E-state index contributed by atoms with van der Waals surface area (Å²) in [5.41, 5.74) is 1.27. The zero-order valence-electron chi connectivity index (χ0n) is 15.4. The number of ether oxygens (including phenoxy) is 1. The van der Waals surface area contributed by atoms with E-state index in [1.807, 2.05) is 0 Å². The molecule has 1 aromatic carbocycles. The van der Waals surface area contributed by atoms with Gasteiger partial charge in [-0.2, -0.15) is 5.10 Å². The maximum Gasteiger partial charge on any atom is 0.573 e. The first kappa shape index (κ1) is 20.1. The Balaban J connectivity index is 1.50. The highest BCUT2D eigenvalue weighted by molar-refractivity contribution is 6.39. The van der Waals surface area contributed by atoms with Gasteiger partial charge in [0.05, 0.1) is 0 Å². The molecular formula is C18H21F3N4O3. The van der Waals surface area contributed by atoms with E-state index in [0.717, 1.165) is 5.56 Å². The van der Waals surface area contributed by atoms with Crippen molar-refractivity contribution in [1.82, 2.24) is 14.8 Å². The molecule has 0 spiro atoms. The Morgan fingerprint density at radius 2 is 1.75 bits per heavy atom. The lowest BCUT2D eigenvalue weighted by molar-refractivity contribution is -0.274. The maximum atomic E-state index is 12.6. The molecule has 0 saturated carbocycles. The van der Waals surface area contributed by atoms with E-state index >= 15 is 0 Å². The third-order valence-corrected chi connectivity index (χ3v) is 4.68. The highest BCUT2D eigenvalue weighted by Gasteiger charge is 2.31. The van der Waals surface area contributed by atoms with Crippen LogP contribution in [0.1, 0.15) is 18.4 Å². The van der Waals surface area contributed by atoms with E-state index < -0.39 is 6.36 Å². The van der Waals surface area contributed by atoms with Gasteiger partial charge in [0.1, 0.15) is 11.5 Å². The summed E-state index contributed by atoms with van der Waals surface area (Å²) in [5.74, 6) is -0.496. The van der Waals surface area contributed by atoms with E-state index in [9.17, 15) is 22.8 Å². The second kappa shape index (κ2) is 8.17. The summed E-state index contributed by atoms with van der Waals surface area (Å²) in [5, 5.41) is 5.27. The number of carbonyl (C=O) groups excluding carboxylic acids is 2. The second-order valence-electron chi connectivity index (χ2n) is 6.72. The van der Waals surface area contributed by atoms with E-state index in [-0.39, 0.29) is 24.0 Å². The van der Waals surface area contributed by atoms with Crippen molar-refractivity contribution >= 4 is 17.5 Å². The van der Waals surface area contributed by atoms with Crippen LogP contribution in [0, 0.1) is 0 Å². The highest BCUT2D eigenvalue weighted by atomic mass is 19.4. The molecule has 0 unspecified atom stereocenters. The third kappa shape index (κ3) is 5.22. The molecule has 10 heteroatoms. The Kier molecular flexibility index (Phi) is 5.87. The number of carbonyl (C=O) groups is 2. The lowest BCUT2D eigenvalue weighted by Crippen LogP contribution is -2.51. The van der Waals surface area contributed by atoms with Gasteiger partial charge in [-0.3, -0.25) is 14.5 Å². The van der Waals surface area contributed by atoms with Crippen molar-refractivity contribution in [3.05, 3.63) is 29.8 Å². The second-order valence-corrected chi connectivity index (χ2v) is 6.72. The molecule has 0 aliphatic carbocycles. The van der Waals surface area contributed by atoms with Crippen molar-refractivity contribution in [3.8, 4) is 5.75 Å². The fourth-order valence-corrected chi connectivity index (χ4v) is 3.17. The molecule has 0 atom stereocenters. The first-order valence-corrected chi connectivity index (χ1v) is 8.91. The lowest BCUT2D eigenvalue weighted by atomic mass is 10.1. The van der Waals surface area contributed by atoms with Crippen molar-refractivity contribution in [2.24, 2.45) is 5.10 Å². The number of halogens is 3. The number of benzene rings is 1. The fraction of sp³-hybridized carbons (Fsp3) is 0.500. The third-order valence-electron chi connectivity index (χ3n) is 4.68. The maximum absolute atomic E-state index is 12.6. The summed E-state index contributed by atoms with van der Waals surface area (Å²) in [6, 6.07) is 5.79. The molecule has 1 aromatic rings. The Morgan fingerprint density at radius 3 is 2.32 bits per heavy atom. The number of amides is 2. The Morgan fingerprint density at radius 1 is 1.11 bits per heavy atom. The standard InChI is InChI=1S/C18H21F3N4O3/c1-23-16(26)7-6-15(22-23)17(27)25-10-8-24(9-11-25)12-13-2-4-14(5-3-13)28-18(19,20)21/h2-5H,6-12H2,1H3. The minimum Gasteiger partial charge on any atom is -0.406 e. The van der Waals surface area contributed by atoms with Crippen LogP contribution in [0.25, 0.3) is 0 Å². The van der Waals surface area contributed by atoms with Gasteiger partial charge in [0.25, 0.3) is 5.91 Å². The van der Waals surface area contributed by atoms with Crippen LogP contribution < -0.4 is 4.74 Å². The minimum atomic E-state index is -4.70. The van der Waals surface area contributed by atoms with Gasteiger partial charge in [-0.15, -0.1) is 13.2 Å². The van der Waals surface area contributed by atoms with Crippen molar-refractivity contribution < 1.29 is 27.5 Å². The van der Waals surface area contributed by atoms with Crippen LogP contribution >= 0.6 is 0 Å². The molecule has 1 fully saturated rings. The Bertz CT molecular complexity index is 756. The Labute approximate surface area is 160 Å². The van der Waals surface area contributed by atoms with Crippen LogP contribution in [0.4, 0.5) is 13.2 Å². The van der Waals surface area contributed by atoms with Crippen LogP contribution in [-0.4, -0.2) is 71.9 Å². The van der Waals surface area contributed by atoms with Gasteiger partial charge < -0.3 is 9.64 Å². The number of piperazine rings is 1. The number of hydrogen-bond acceptors (Lipinski definition) is 5.